The quantitative estimate of drug-likeness (QED) is 0.774. The molecule has 0 aliphatic carbocycles. The topological polar surface area (TPSA) is 61.1 Å². The number of rotatable bonds is 4. The molecule has 2 aromatic heterocycles. The maximum absolute atomic E-state index is 12.5. The average molecular weight is 362 g/mol. The van der Waals surface area contributed by atoms with Gasteiger partial charge in [0.1, 0.15) is 11.6 Å². The fourth-order valence-corrected chi connectivity index (χ4v) is 4.07. The van der Waals surface area contributed by atoms with Crippen LogP contribution in [0.3, 0.4) is 0 Å². The van der Waals surface area contributed by atoms with Crippen LogP contribution in [-0.2, 0) is 7.05 Å². The van der Waals surface area contributed by atoms with Gasteiger partial charge in [0.15, 0.2) is 0 Å². The lowest BCUT2D eigenvalue weighted by molar-refractivity contribution is 0.255. The Hall–Kier alpha value is -3.04. The number of benzene rings is 1. The first kappa shape index (κ1) is 16.4. The summed E-state index contributed by atoms with van der Waals surface area (Å²) < 4.78 is 1.53. The lowest BCUT2D eigenvalue weighted by atomic mass is 10.0. The van der Waals surface area contributed by atoms with Crippen molar-refractivity contribution in [3.8, 4) is 6.07 Å². The number of anilines is 1. The summed E-state index contributed by atoms with van der Waals surface area (Å²) in [5.41, 5.74) is 2.37. The summed E-state index contributed by atoms with van der Waals surface area (Å²) >= 11 is 1.68. The van der Waals surface area contributed by atoms with Crippen molar-refractivity contribution in [3.05, 3.63) is 69.2 Å². The molecule has 0 bridgehead atoms. The van der Waals surface area contributed by atoms with Crippen LogP contribution in [-0.4, -0.2) is 28.6 Å². The molecule has 6 heteroatoms. The summed E-state index contributed by atoms with van der Waals surface area (Å²) in [5.74, 6) is 0. The molecule has 1 aromatic carbocycles. The molecule has 130 valence electrons. The molecule has 4 rings (SSSR count). The van der Waals surface area contributed by atoms with Gasteiger partial charge in [-0.05, 0) is 17.5 Å². The highest BCUT2D eigenvalue weighted by molar-refractivity contribution is 7.11. The van der Waals surface area contributed by atoms with Crippen molar-refractivity contribution in [2.24, 2.45) is 7.05 Å². The van der Waals surface area contributed by atoms with Gasteiger partial charge >= 0.3 is 0 Å². The average Bonchev–Trinajstić information content (AvgIpc) is 3.16. The predicted molar refractivity (Wildman–Crippen MR) is 106 cm³/mol. The van der Waals surface area contributed by atoms with Crippen molar-refractivity contribution in [1.29, 1.82) is 5.26 Å². The van der Waals surface area contributed by atoms with Crippen LogP contribution in [0.4, 0.5) is 5.69 Å². The first-order chi connectivity index (χ1) is 12.6. The third-order valence-corrected chi connectivity index (χ3v) is 5.75. The molecular formula is C20H18N4OS. The number of nitriles is 1. The second-order valence-electron chi connectivity index (χ2n) is 6.41. The lowest BCUT2D eigenvalue weighted by Crippen LogP contribution is -2.53. The number of aromatic nitrogens is 1. The highest BCUT2D eigenvalue weighted by atomic mass is 32.1. The van der Waals surface area contributed by atoms with Gasteiger partial charge in [0.05, 0.1) is 17.2 Å². The Morgan fingerprint density at radius 2 is 2.08 bits per heavy atom. The number of hydrogen-bond donors (Lipinski definition) is 1. The van der Waals surface area contributed by atoms with E-state index in [9.17, 15) is 10.1 Å². The lowest BCUT2D eigenvalue weighted by Gasteiger charge is -2.42. The van der Waals surface area contributed by atoms with Gasteiger partial charge in [-0.15, -0.1) is 11.3 Å². The van der Waals surface area contributed by atoms with Gasteiger partial charge in [-0.25, -0.2) is 0 Å². The zero-order valence-electron chi connectivity index (χ0n) is 14.4. The number of hydrogen-bond acceptors (Lipinski definition) is 5. The fourth-order valence-electron chi connectivity index (χ4n) is 3.34. The summed E-state index contributed by atoms with van der Waals surface area (Å²) in [5, 5.41) is 15.9. The zero-order valence-corrected chi connectivity index (χ0v) is 15.2. The maximum Gasteiger partial charge on any atom is 0.270 e. The van der Waals surface area contributed by atoms with Crippen molar-refractivity contribution in [2.45, 2.75) is 6.04 Å². The molecule has 3 heterocycles. The smallest absolute Gasteiger partial charge is 0.270 e. The molecule has 0 unspecified atom stereocenters. The second-order valence-corrected chi connectivity index (χ2v) is 7.36. The highest BCUT2D eigenvalue weighted by Gasteiger charge is 2.30. The molecule has 0 spiro atoms. The summed E-state index contributed by atoms with van der Waals surface area (Å²) in [6.07, 6.45) is 0. The molecule has 5 nitrogen and oxygen atoms in total. The summed E-state index contributed by atoms with van der Waals surface area (Å²) in [6, 6.07) is 14.0. The Kier molecular flexibility index (Phi) is 4.02. The third-order valence-electron chi connectivity index (χ3n) is 4.83. The van der Waals surface area contributed by atoms with Crippen LogP contribution in [0, 0.1) is 11.3 Å². The molecule has 1 saturated heterocycles. The summed E-state index contributed by atoms with van der Waals surface area (Å²) in [4.78, 5) is 15.9. The van der Waals surface area contributed by atoms with Crippen LogP contribution in [0.25, 0.3) is 16.6 Å². The minimum atomic E-state index is -0.270. The predicted octanol–water partition coefficient (Wildman–Crippen LogP) is 3.24. The van der Waals surface area contributed by atoms with E-state index in [0.29, 0.717) is 5.69 Å². The second kappa shape index (κ2) is 6.36. The van der Waals surface area contributed by atoms with E-state index in [1.54, 1.807) is 18.4 Å². The summed E-state index contributed by atoms with van der Waals surface area (Å²) in [6.45, 7) is 5.77. The number of aryl methyl sites for hydroxylation is 1. The van der Waals surface area contributed by atoms with Crippen LogP contribution >= 0.6 is 11.3 Å². The minimum Gasteiger partial charge on any atom is -0.377 e. The van der Waals surface area contributed by atoms with Crippen LogP contribution in [0.15, 0.2) is 53.2 Å². The van der Waals surface area contributed by atoms with Gasteiger partial charge in [0, 0.05) is 36.1 Å². The largest absolute Gasteiger partial charge is 0.377 e. The van der Waals surface area contributed by atoms with E-state index < -0.39 is 0 Å². The molecule has 1 aliphatic rings. The van der Waals surface area contributed by atoms with Crippen LogP contribution in [0.2, 0.25) is 0 Å². The van der Waals surface area contributed by atoms with Crippen molar-refractivity contribution >= 4 is 33.6 Å². The Bertz CT molecular complexity index is 1090. The standard InChI is InChI=1S/C20H18N4OS/c1-13(18-8-5-9-26-18)24-11-14(12-24)22-19-15-6-3-4-7-17(15)23(2)20(25)16(19)10-21/h3-9,14,22H,1,11-12H2,2H3. The first-order valence-corrected chi connectivity index (χ1v) is 9.24. The minimum absolute atomic E-state index is 0.168. The molecule has 0 atom stereocenters. The van der Waals surface area contributed by atoms with Gasteiger partial charge in [0.25, 0.3) is 5.56 Å². The van der Waals surface area contributed by atoms with Gasteiger partial charge in [-0.3, -0.25) is 4.79 Å². The van der Waals surface area contributed by atoms with E-state index in [2.05, 4.69) is 28.9 Å². The van der Waals surface area contributed by atoms with E-state index in [0.717, 1.165) is 29.7 Å². The van der Waals surface area contributed by atoms with Crippen LogP contribution < -0.4 is 10.9 Å². The molecule has 0 radical (unpaired) electrons. The van der Waals surface area contributed by atoms with Crippen LogP contribution in [0.5, 0.6) is 0 Å². The monoisotopic (exact) mass is 362 g/mol. The van der Waals surface area contributed by atoms with E-state index in [1.807, 2.05) is 35.7 Å². The molecule has 1 aliphatic heterocycles. The molecule has 1 N–H and O–H groups in total. The van der Waals surface area contributed by atoms with Gasteiger partial charge in [-0.2, -0.15) is 5.26 Å². The highest BCUT2D eigenvalue weighted by Crippen LogP contribution is 2.30. The molecule has 0 amide bonds. The number of likely N-dealkylation sites (tertiary alicyclic amines) is 1. The molecule has 26 heavy (non-hydrogen) atoms. The van der Waals surface area contributed by atoms with Crippen molar-refractivity contribution in [1.82, 2.24) is 9.47 Å². The van der Waals surface area contributed by atoms with Crippen LogP contribution in [0.1, 0.15) is 10.4 Å². The Labute approximate surface area is 155 Å². The zero-order chi connectivity index (χ0) is 18.3. The van der Waals surface area contributed by atoms with Crippen molar-refractivity contribution in [3.63, 3.8) is 0 Å². The van der Waals surface area contributed by atoms with Gasteiger partial charge < -0.3 is 14.8 Å². The van der Waals surface area contributed by atoms with Gasteiger partial charge in [0.2, 0.25) is 0 Å². The SMILES string of the molecule is C=C(c1cccs1)N1CC(Nc2c(C#N)c(=O)n(C)c3ccccc23)C1. The van der Waals surface area contributed by atoms with E-state index in [-0.39, 0.29) is 17.2 Å². The number of pyridine rings is 1. The van der Waals surface area contributed by atoms with Crippen molar-refractivity contribution in [2.75, 3.05) is 18.4 Å². The number of nitrogens with one attached hydrogen (secondary N) is 1. The number of fused-ring (bicyclic) bond motifs is 1. The van der Waals surface area contributed by atoms with Gasteiger partial charge in [-0.1, -0.05) is 30.8 Å². The normalized spacial score (nSPS) is 14.1. The molecule has 0 saturated carbocycles. The Morgan fingerprint density at radius 1 is 1.31 bits per heavy atom. The summed E-state index contributed by atoms with van der Waals surface area (Å²) in [7, 11) is 1.70. The van der Waals surface area contributed by atoms with Crippen molar-refractivity contribution < 1.29 is 0 Å². The number of para-hydroxylation sites is 1. The Morgan fingerprint density at radius 3 is 2.77 bits per heavy atom. The number of thiophene rings is 1. The number of nitrogens with zero attached hydrogens (tertiary/aromatic N) is 3. The fraction of sp³-hybridized carbons (Fsp3) is 0.200. The molecular weight excluding hydrogens is 344 g/mol. The first-order valence-electron chi connectivity index (χ1n) is 8.36. The third kappa shape index (κ3) is 2.57. The Balaban J connectivity index is 1.61. The molecule has 3 aromatic rings. The van der Waals surface area contributed by atoms with E-state index in [1.165, 1.54) is 9.44 Å². The molecule has 1 fully saturated rings. The van der Waals surface area contributed by atoms with E-state index in [4.69, 9.17) is 0 Å². The van der Waals surface area contributed by atoms with E-state index >= 15 is 0 Å². The maximum atomic E-state index is 12.5.